The average molecular weight is 424 g/mol. The molecular weight excluding hydrogens is 394 g/mol. The molecule has 0 bridgehead atoms. The molecule has 0 aliphatic rings. The molecule has 0 aliphatic heterocycles. The normalized spacial score (nSPS) is 10.9. The van der Waals surface area contributed by atoms with Crippen LogP contribution in [0.25, 0.3) is 16.8 Å². The molecule has 1 aromatic heterocycles. The van der Waals surface area contributed by atoms with Gasteiger partial charge < -0.3 is 5.32 Å². The number of hydrogen-bond donors (Lipinski definition) is 1. The molecular formula is C28H29N3O. The number of aromatic nitrogens is 2. The molecule has 3 aromatic carbocycles. The Morgan fingerprint density at radius 2 is 1.47 bits per heavy atom. The van der Waals surface area contributed by atoms with Crippen LogP contribution in [-0.4, -0.2) is 15.7 Å². The quantitative estimate of drug-likeness (QED) is 0.400. The number of benzene rings is 3. The van der Waals surface area contributed by atoms with Crippen LogP contribution in [0.4, 0.5) is 5.69 Å². The maximum absolute atomic E-state index is 13.2. The van der Waals surface area contributed by atoms with E-state index in [1.807, 2.05) is 32.0 Å². The second-order valence-electron chi connectivity index (χ2n) is 8.60. The molecule has 1 heterocycles. The largest absolute Gasteiger partial charge is 0.320 e. The third-order valence-electron chi connectivity index (χ3n) is 6.03. The highest BCUT2D eigenvalue weighted by Gasteiger charge is 2.18. The van der Waals surface area contributed by atoms with E-state index < -0.39 is 0 Å². The highest BCUT2D eigenvalue weighted by molar-refractivity contribution is 6.04. The van der Waals surface area contributed by atoms with E-state index in [1.54, 1.807) is 4.68 Å². The van der Waals surface area contributed by atoms with E-state index in [2.05, 4.69) is 80.6 Å². The van der Waals surface area contributed by atoms with Crippen LogP contribution in [0.5, 0.6) is 0 Å². The van der Waals surface area contributed by atoms with Crippen LogP contribution in [0.3, 0.4) is 0 Å². The van der Waals surface area contributed by atoms with Gasteiger partial charge >= 0.3 is 0 Å². The Morgan fingerprint density at radius 3 is 2.19 bits per heavy atom. The van der Waals surface area contributed by atoms with E-state index in [-0.39, 0.29) is 5.91 Å². The summed E-state index contributed by atoms with van der Waals surface area (Å²) in [4.78, 5) is 13.2. The van der Waals surface area contributed by atoms with Crippen molar-refractivity contribution in [2.45, 2.75) is 41.5 Å². The van der Waals surface area contributed by atoms with Crippen molar-refractivity contribution in [2.24, 2.45) is 0 Å². The summed E-state index contributed by atoms with van der Waals surface area (Å²) in [5.41, 5.74) is 11.1. The molecule has 4 aromatic rings. The molecule has 0 radical (unpaired) electrons. The van der Waals surface area contributed by atoms with E-state index in [0.717, 1.165) is 39.3 Å². The zero-order valence-electron chi connectivity index (χ0n) is 19.6. The zero-order valence-corrected chi connectivity index (χ0v) is 19.6. The monoisotopic (exact) mass is 423 g/mol. The molecule has 0 spiro atoms. The Kier molecular flexibility index (Phi) is 5.70. The summed E-state index contributed by atoms with van der Waals surface area (Å²) in [7, 11) is 0. The van der Waals surface area contributed by atoms with Crippen LogP contribution in [-0.2, 0) is 0 Å². The average Bonchev–Trinajstić information content (AvgIpc) is 3.13. The van der Waals surface area contributed by atoms with E-state index in [9.17, 15) is 4.79 Å². The van der Waals surface area contributed by atoms with Gasteiger partial charge in [-0.3, -0.25) is 4.79 Å². The van der Waals surface area contributed by atoms with Crippen LogP contribution in [0, 0.1) is 41.5 Å². The van der Waals surface area contributed by atoms with Crippen molar-refractivity contribution in [3.8, 4) is 16.8 Å². The lowest BCUT2D eigenvalue weighted by atomic mass is 9.98. The summed E-state index contributed by atoms with van der Waals surface area (Å²) >= 11 is 0. The first-order valence-electron chi connectivity index (χ1n) is 10.9. The molecule has 0 unspecified atom stereocenters. The molecule has 0 saturated heterocycles. The van der Waals surface area contributed by atoms with Crippen molar-refractivity contribution >= 4 is 11.6 Å². The third kappa shape index (κ3) is 4.09. The third-order valence-corrected chi connectivity index (χ3v) is 6.03. The van der Waals surface area contributed by atoms with Crippen LogP contribution >= 0.6 is 0 Å². The first kappa shape index (κ1) is 21.6. The summed E-state index contributed by atoms with van der Waals surface area (Å²) in [5, 5.41) is 7.72. The van der Waals surface area contributed by atoms with Crippen LogP contribution in [0.15, 0.2) is 60.7 Å². The van der Waals surface area contributed by atoms with E-state index in [4.69, 9.17) is 0 Å². The molecule has 4 rings (SSSR count). The number of aryl methyl sites for hydroxylation is 6. The smallest absolute Gasteiger partial charge is 0.274 e. The van der Waals surface area contributed by atoms with Crippen LogP contribution in [0.2, 0.25) is 0 Å². The lowest BCUT2D eigenvalue weighted by molar-refractivity contribution is 0.101. The Morgan fingerprint density at radius 1 is 0.750 bits per heavy atom. The van der Waals surface area contributed by atoms with E-state index in [1.165, 1.54) is 16.7 Å². The van der Waals surface area contributed by atoms with Crippen molar-refractivity contribution in [1.29, 1.82) is 0 Å². The van der Waals surface area contributed by atoms with Gasteiger partial charge in [0.2, 0.25) is 0 Å². The highest BCUT2D eigenvalue weighted by Crippen LogP contribution is 2.28. The van der Waals surface area contributed by atoms with Gasteiger partial charge in [-0.05, 0) is 105 Å². The highest BCUT2D eigenvalue weighted by atomic mass is 16.2. The summed E-state index contributed by atoms with van der Waals surface area (Å²) in [6.07, 6.45) is 0. The second kappa shape index (κ2) is 8.46. The van der Waals surface area contributed by atoms with Gasteiger partial charge in [0, 0.05) is 5.69 Å². The molecule has 4 nitrogen and oxygen atoms in total. The minimum atomic E-state index is -0.167. The second-order valence-corrected chi connectivity index (χ2v) is 8.60. The predicted octanol–water partition coefficient (Wildman–Crippen LogP) is 6.64. The van der Waals surface area contributed by atoms with Crippen molar-refractivity contribution in [3.05, 3.63) is 99.9 Å². The van der Waals surface area contributed by atoms with E-state index >= 15 is 0 Å². The Hall–Kier alpha value is -3.66. The number of carbonyl (C=O) groups is 1. The van der Waals surface area contributed by atoms with Crippen molar-refractivity contribution in [1.82, 2.24) is 9.78 Å². The van der Waals surface area contributed by atoms with Gasteiger partial charge in [0.25, 0.3) is 5.91 Å². The lowest BCUT2D eigenvalue weighted by Crippen LogP contribution is -2.18. The van der Waals surface area contributed by atoms with Gasteiger partial charge in [-0.15, -0.1) is 0 Å². The first-order valence-corrected chi connectivity index (χ1v) is 10.9. The minimum absolute atomic E-state index is 0.167. The Balaban J connectivity index is 1.70. The standard InChI is InChI=1S/C28H29N3O/c1-17-9-7-8-10-24(17)23-11-12-26(21(5)14-23)31-27(16-22(6)30-31)28(32)29-25-15-19(3)18(2)13-20(25)4/h7-16H,1-6H3,(H,29,32). The van der Waals surface area contributed by atoms with Gasteiger partial charge in [-0.2, -0.15) is 5.10 Å². The summed E-state index contributed by atoms with van der Waals surface area (Å²) in [6.45, 7) is 12.2. The van der Waals surface area contributed by atoms with Gasteiger partial charge in [0.15, 0.2) is 0 Å². The number of rotatable bonds is 4. The number of anilines is 1. The molecule has 0 atom stereocenters. The van der Waals surface area contributed by atoms with Crippen LogP contribution < -0.4 is 5.32 Å². The maximum Gasteiger partial charge on any atom is 0.274 e. The molecule has 1 N–H and O–H groups in total. The Labute approximate surface area is 189 Å². The van der Waals surface area contributed by atoms with Crippen LogP contribution in [0.1, 0.15) is 44.0 Å². The maximum atomic E-state index is 13.2. The summed E-state index contributed by atoms with van der Waals surface area (Å²) in [6, 6.07) is 20.6. The molecule has 0 fully saturated rings. The summed E-state index contributed by atoms with van der Waals surface area (Å²) < 4.78 is 1.75. The topological polar surface area (TPSA) is 46.9 Å². The molecule has 162 valence electrons. The fourth-order valence-electron chi connectivity index (χ4n) is 4.08. The minimum Gasteiger partial charge on any atom is -0.320 e. The fourth-order valence-corrected chi connectivity index (χ4v) is 4.08. The first-order chi connectivity index (χ1) is 15.2. The zero-order chi connectivity index (χ0) is 23.0. The summed E-state index contributed by atoms with van der Waals surface area (Å²) in [5.74, 6) is -0.167. The Bertz CT molecular complexity index is 1330. The molecule has 32 heavy (non-hydrogen) atoms. The van der Waals surface area contributed by atoms with Crippen molar-refractivity contribution in [3.63, 3.8) is 0 Å². The van der Waals surface area contributed by atoms with Gasteiger partial charge in [0.05, 0.1) is 11.4 Å². The van der Waals surface area contributed by atoms with Gasteiger partial charge in [-0.1, -0.05) is 36.4 Å². The molecule has 4 heteroatoms. The molecule has 0 saturated carbocycles. The van der Waals surface area contributed by atoms with Crippen molar-refractivity contribution < 1.29 is 4.79 Å². The fraction of sp³-hybridized carbons (Fsp3) is 0.214. The predicted molar refractivity (Wildman–Crippen MR) is 132 cm³/mol. The number of carbonyl (C=O) groups excluding carboxylic acids is 1. The molecule has 0 aliphatic carbocycles. The van der Waals surface area contributed by atoms with E-state index in [0.29, 0.717) is 5.69 Å². The SMILES string of the molecule is Cc1cc(C(=O)Nc2cc(C)c(C)cc2C)n(-c2ccc(-c3ccccc3C)cc2C)n1. The lowest BCUT2D eigenvalue weighted by Gasteiger charge is -2.14. The number of hydrogen-bond acceptors (Lipinski definition) is 2. The van der Waals surface area contributed by atoms with Crippen molar-refractivity contribution in [2.75, 3.05) is 5.32 Å². The number of nitrogens with one attached hydrogen (secondary N) is 1. The van der Waals surface area contributed by atoms with Gasteiger partial charge in [0.1, 0.15) is 5.69 Å². The number of nitrogens with zero attached hydrogens (tertiary/aromatic N) is 2. The van der Waals surface area contributed by atoms with Gasteiger partial charge in [-0.25, -0.2) is 4.68 Å². The molecule has 1 amide bonds. The number of amides is 1.